The van der Waals surface area contributed by atoms with Gasteiger partial charge >= 0.3 is 5.97 Å². The van der Waals surface area contributed by atoms with Gasteiger partial charge in [-0.25, -0.2) is 4.79 Å². The number of nitrogens with one attached hydrogen (secondary N) is 1. The Morgan fingerprint density at radius 2 is 1.56 bits per heavy atom. The molecular formula is C21H33NO3. The molecule has 1 aromatic carbocycles. The van der Waals surface area contributed by atoms with Crippen molar-refractivity contribution < 1.29 is 14.7 Å². The van der Waals surface area contributed by atoms with Gasteiger partial charge in [-0.3, -0.25) is 4.79 Å². The second-order valence-electron chi connectivity index (χ2n) is 7.75. The molecule has 1 atom stereocenters. The van der Waals surface area contributed by atoms with Crippen molar-refractivity contribution in [3.63, 3.8) is 0 Å². The molecular weight excluding hydrogens is 314 g/mol. The van der Waals surface area contributed by atoms with E-state index < -0.39 is 12.0 Å². The summed E-state index contributed by atoms with van der Waals surface area (Å²) in [6, 6.07) is 6.57. The zero-order valence-electron chi connectivity index (χ0n) is 16.1. The molecule has 0 unspecified atom stereocenters. The highest BCUT2D eigenvalue weighted by Crippen LogP contribution is 2.22. The van der Waals surface area contributed by atoms with Gasteiger partial charge in [0.25, 0.3) is 5.91 Å². The van der Waals surface area contributed by atoms with Crippen molar-refractivity contribution in [2.45, 2.75) is 84.1 Å². The predicted molar refractivity (Wildman–Crippen MR) is 102 cm³/mol. The summed E-state index contributed by atoms with van der Waals surface area (Å²) in [4.78, 5) is 23.7. The topological polar surface area (TPSA) is 66.4 Å². The van der Waals surface area contributed by atoms with Crippen molar-refractivity contribution in [1.82, 2.24) is 5.32 Å². The van der Waals surface area contributed by atoms with Crippen LogP contribution in [0, 0.1) is 0 Å². The minimum Gasteiger partial charge on any atom is -0.480 e. The number of amides is 1. The average molecular weight is 347 g/mol. The summed E-state index contributed by atoms with van der Waals surface area (Å²) >= 11 is 0. The SMILES string of the molecule is CCCCCCCC[C@@H](NC(=O)c1ccc(C(C)(C)C)cc1)C(=O)O. The largest absolute Gasteiger partial charge is 0.480 e. The normalized spacial score (nSPS) is 12.6. The number of carboxylic acid groups (broad SMARTS) is 1. The van der Waals surface area contributed by atoms with Crippen molar-refractivity contribution in [2.24, 2.45) is 0 Å². The summed E-state index contributed by atoms with van der Waals surface area (Å²) < 4.78 is 0. The van der Waals surface area contributed by atoms with E-state index in [0.717, 1.165) is 24.8 Å². The lowest BCUT2D eigenvalue weighted by Gasteiger charge is -2.19. The van der Waals surface area contributed by atoms with Gasteiger partial charge in [0.1, 0.15) is 6.04 Å². The standard InChI is InChI=1S/C21H33NO3/c1-5-6-7-8-9-10-11-18(20(24)25)22-19(23)16-12-14-17(15-13-16)21(2,3)4/h12-15,18H,5-11H2,1-4H3,(H,22,23)(H,24,25)/t18-/m1/s1. The molecule has 0 bridgehead atoms. The molecule has 4 heteroatoms. The van der Waals surface area contributed by atoms with Crippen LogP contribution in [0.5, 0.6) is 0 Å². The van der Waals surface area contributed by atoms with Crippen LogP contribution in [-0.2, 0) is 10.2 Å². The highest BCUT2D eigenvalue weighted by atomic mass is 16.4. The highest BCUT2D eigenvalue weighted by Gasteiger charge is 2.21. The minimum absolute atomic E-state index is 0.0242. The Morgan fingerprint density at radius 3 is 2.08 bits per heavy atom. The van der Waals surface area contributed by atoms with Crippen LogP contribution in [0.4, 0.5) is 0 Å². The molecule has 0 radical (unpaired) electrons. The Kier molecular flexibility index (Phi) is 8.67. The lowest BCUT2D eigenvalue weighted by molar-refractivity contribution is -0.139. The summed E-state index contributed by atoms with van der Waals surface area (Å²) in [7, 11) is 0. The fourth-order valence-corrected chi connectivity index (χ4v) is 2.75. The number of hydrogen-bond acceptors (Lipinski definition) is 2. The zero-order chi connectivity index (χ0) is 18.9. The Labute approximate surface area is 152 Å². The van der Waals surface area contributed by atoms with Crippen LogP contribution in [-0.4, -0.2) is 23.0 Å². The summed E-state index contributed by atoms with van der Waals surface area (Å²) in [6.45, 7) is 8.51. The quantitative estimate of drug-likeness (QED) is 0.591. The van der Waals surface area contributed by atoms with Crippen LogP contribution < -0.4 is 5.32 Å². The summed E-state index contributed by atoms with van der Waals surface area (Å²) in [5, 5.41) is 12.0. The Bertz CT molecular complexity index is 543. The van der Waals surface area contributed by atoms with Crippen molar-refractivity contribution in [3.05, 3.63) is 35.4 Å². The summed E-state index contributed by atoms with van der Waals surface area (Å²) in [5.74, 6) is -1.29. The lowest BCUT2D eigenvalue weighted by atomic mass is 9.86. The number of aliphatic carboxylic acids is 1. The summed E-state index contributed by atoms with van der Waals surface area (Å²) in [5.41, 5.74) is 1.67. The number of hydrogen-bond donors (Lipinski definition) is 2. The molecule has 0 heterocycles. The van der Waals surface area contributed by atoms with Gasteiger partial charge in [-0.2, -0.15) is 0 Å². The van der Waals surface area contributed by atoms with Crippen LogP contribution in [0.25, 0.3) is 0 Å². The number of carbonyl (C=O) groups excluding carboxylic acids is 1. The molecule has 0 saturated heterocycles. The van der Waals surface area contributed by atoms with Gasteiger partial charge in [-0.1, -0.05) is 78.4 Å². The maximum absolute atomic E-state index is 12.3. The molecule has 2 N–H and O–H groups in total. The Hall–Kier alpha value is -1.84. The second kappa shape index (κ2) is 10.2. The molecule has 0 spiro atoms. The second-order valence-corrected chi connectivity index (χ2v) is 7.75. The molecule has 1 rings (SSSR count). The molecule has 0 aromatic heterocycles. The van der Waals surface area contributed by atoms with Gasteiger partial charge in [-0.15, -0.1) is 0 Å². The monoisotopic (exact) mass is 347 g/mol. The van der Waals surface area contributed by atoms with E-state index in [0.29, 0.717) is 12.0 Å². The van der Waals surface area contributed by atoms with E-state index in [1.54, 1.807) is 12.1 Å². The van der Waals surface area contributed by atoms with E-state index in [9.17, 15) is 14.7 Å². The first-order valence-corrected chi connectivity index (χ1v) is 9.40. The van der Waals surface area contributed by atoms with E-state index in [-0.39, 0.29) is 11.3 Å². The van der Waals surface area contributed by atoms with E-state index >= 15 is 0 Å². The molecule has 0 aliphatic rings. The molecule has 0 fully saturated rings. The first kappa shape index (κ1) is 21.2. The lowest BCUT2D eigenvalue weighted by Crippen LogP contribution is -2.40. The van der Waals surface area contributed by atoms with Crippen molar-refractivity contribution in [2.75, 3.05) is 0 Å². The van der Waals surface area contributed by atoms with Crippen molar-refractivity contribution in [3.8, 4) is 0 Å². The maximum atomic E-state index is 12.3. The third-order valence-corrected chi connectivity index (χ3v) is 4.46. The third kappa shape index (κ3) is 7.72. The van der Waals surface area contributed by atoms with Gasteiger partial charge in [-0.05, 0) is 29.5 Å². The highest BCUT2D eigenvalue weighted by molar-refractivity contribution is 5.96. The molecule has 0 aliphatic heterocycles. The molecule has 25 heavy (non-hydrogen) atoms. The minimum atomic E-state index is -0.965. The number of unbranched alkanes of at least 4 members (excludes halogenated alkanes) is 5. The number of carboxylic acids is 1. The number of benzene rings is 1. The van der Waals surface area contributed by atoms with Crippen LogP contribution in [0.1, 0.15) is 88.6 Å². The van der Waals surface area contributed by atoms with Gasteiger partial charge in [0.2, 0.25) is 0 Å². The van der Waals surface area contributed by atoms with Crippen LogP contribution in [0.3, 0.4) is 0 Å². The molecule has 1 amide bonds. The Morgan fingerprint density at radius 1 is 1.00 bits per heavy atom. The average Bonchev–Trinajstić information content (AvgIpc) is 2.55. The van der Waals surface area contributed by atoms with Gasteiger partial charge < -0.3 is 10.4 Å². The fourth-order valence-electron chi connectivity index (χ4n) is 2.75. The molecule has 4 nitrogen and oxygen atoms in total. The van der Waals surface area contributed by atoms with Crippen LogP contribution in [0.15, 0.2) is 24.3 Å². The zero-order valence-corrected chi connectivity index (χ0v) is 16.1. The maximum Gasteiger partial charge on any atom is 0.326 e. The number of carbonyl (C=O) groups is 2. The molecule has 140 valence electrons. The van der Waals surface area contributed by atoms with Gasteiger partial charge in [0.05, 0.1) is 0 Å². The fraction of sp³-hybridized carbons (Fsp3) is 0.619. The summed E-state index contributed by atoms with van der Waals surface area (Å²) in [6.07, 6.45) is 7.06. The van der Waals surface area contributed by atoms with Crippen molar-refractivity contribution in [1.29, 1.82) is 0 Å². The van der Waals surface area contributed by atoms with E-state index in [4.69, 9.17) is 0 Å². The van der Waals surface area contributed by atoms with E-state index in [2.05, 4.69) is 33.0 Å². The Balaban J connectivity index is 2.54. The first-order valence-electron chi connectivity index (χ1n) is 9.40. The van der Waals surface area contributed by atoms with Gasteiger partial charge in [0.15, 0.2) is 0 Å². The molecule has 1 aromatic rings. The van der Waals surface area contributed by atoms with Crippen LogP contribution in [0.2, 0.25) is 0 Å². The van der Waals surface area contributed by atoms with E-state index in [1.807, 2.05) is 12.1 Å². The van der Waals surface area contributed by atoms with E-state index in [1.165, 1.54) is 19.3 Å². The number of rotatable bonds is 10. The first-order chi connectivity index (χ1) is 11.8. The molecule has 0 aliphatic carbocycles. The third-order valence-electron chi connectivity index (χ3n) is 4.46. The van der Waals surface area contributed by atoms with Crippen molar-refractivity contribution >= 4 is 11.9 Å². The molecule has 0 saturated carbocycles. The smallest absolute Gasteiger partial charge is 0.326 e. The van der Waals surface area contributed by atoms with Gasteiger partial charge in [0, 0.05) is 5.56 Å². The predicted octanol–water partition coefficient (Wildman–Crippen LogP) is 4.92. The van der Waals surface area contributed by atoms with Crippen LogP contribution >= 0.6 is 0 Å².